The molecule has 0 aromatic carbocycles. The number of carbonyl (C=O) groups is 2. The Labute approximate surface area is 159 Å². The third kappa shape index (κ3) is 3.87. The van der Waals surface area contributed by atoms with E-state index in [0.717, 1.165) is 12.4 Å². The lowest BCUT2D eigenvalue weighted by molar-refractivity contribution is -0.129. The van der Waals surface area contributed by atoms with Gasteiger partial charge in [0.1, 0.15) is 11.9 Å². The van der Waals surface area contributed by atoms with Gasteiger partial charge in [0, 0.05) is 57.7 Å². The van der Waals surface area contributed by atoms with E-state index in [4.69, 9.17) is 6.42 Å². The van der Waals surface area contributed by atoms with Crippen molar-refractivity contribution in [1.82, 2.24) is 19.8 Å². The van der Waals surface area contributed by atoms with Gasteiger partial charge in [-0.05, 0) is 13.8 Å². The van der Waals surface area contributed by atoms with E-state index in [0.29, 0.717) is 32.4 Å². The Kier molecular flexibility index (Phi) is 5.59. The highest BCUT2D eigenvalue weighted by molar-refractivity contribution is 5.90. The van der Waals surface area contributed by atoms with E-state index in [1.165, 1.54) is 0 Å². The molecular weight excluding hydrogens is 344 g/mol. The average molecular weight is 370 g/mol. The molecule has 1 saturated heterocycles. The maximum atomic E-state index is 12.9. The van der Waals surface area contributed by atoms with E-state index in [-0.39, 0.29) is 24.3 Å². The number of amides is 2. The van der Waals surface area contributed by atoms with E-state index >= 15 is 0 Å². The molecule has 8 nitrogen and oxygen atoms in total. The summed E-state index contributed by atoms with van der Waals surface area (Å²) < 4.78 is 1.99. The van der Waals surface area contributed by atoms with E-state index in [2.05, 4.69) is 26.4 Å². The van der Waals surface area contributed by atoms with Gasteiger partial charge >= 0.3 is 0 Å². The Morgan fingerprint density at radius 3 is 2.78 bits per heavy atom. The zero-order chi connectivity index (χ0) is 19.4. The highest BCUT2D eigenvalue weighted by Crippen LogP contribution is 2.38. The molecule has 1 aromatic rings. The molecule has 2 atom stereocenters. The highest BCUT2D eigenvalue weighted by atomic mass is 16.2. The Bertz CT molecular complexity index is 771. The molecule has 1 N–H and O–H groups in total. The Balaban J connectivity index is 1.65. The van der Waals surface area contributed by atoms with Crippen molar-refractivity contribution in [1.29, 1.82) is 0 Å². The van der Waals surface area contributed by atoms with Crippen LogP contribution in [0.25, 0.3) is 0 Å². The molecular formula is C19H26N6O2. The molecule has 2 aliphatic rings. The van der Waals surface area contributed by atoms with Crippen LogP contribution in [0.15, 0.2) is 22.6 Å². The van der Waals surface area contributed by atoms with Crippen LogP contribution in [0.1, 0.15) is 51.4 Å². The number of terminal acetylenes is 1. The third-order valence-electron chi connectivity index (χ3n) is 5.34. The minimum atomic E-state index is -0.445. The van der Waals surface area contributed by atoms with E-state index in [9.17, 15) is 9.59 Å². The largest absolute Gasteiger partial charge is 0.356 e. The molecule has 0 aliphatic carbocycles. The SMILES string of the molecule is C#CCCC1(CCNC(=O)[C@H]2CC(=O)N(CC)[C@@H]2c2nccn2CC)N=N1. The van der Waals surface area contributed by atoms with Crippen LogP contribution in [0.5, 0.6) is 0 Å². The zero-order valence-corrected chi connectivity index (χ0v) is 15.9. The van der Waals surface area contributed by atoms with Crippen molar-refractivity contribution in [3.63, 3.8) is 0 Å². The molecule has 2 amide bonds. The maximum Gasteiger partial charge on any atom is 0.226 e. The summed E-state index contributed by atoms with van der Waals surface area (Å²) >= 11 is 0. The van der Waals surface area contributed by atoms with Crippen LogP contribution in [0.3, 0.4) is 0 Å². The maximum absolute atomic E-state index is 12.9. The predicted molar refractivity (Wildman–Crippen MR) is 99.4 cm³/mol. The van der Waals surface area contributed by atoms with Gasteiger partial charge in [0.05, 0.1) is 5.92 Å². The van der Waals surface area contributed by atoms with E-state index in [1.807, 2.05) is 24.6 Å². The second-order valence-electron chi connectivity index (χ2n) is 6.93. The minimum Gasteiger partial charge on any atom is -0.356 e. The van der Waals surface area contributed by atoms with Crippen molar-refractivity contribution in [3.05, 3.63) is 18.2 Å². The summed E-state index contributed by atoms with van der Waals surface area (Å²) in [5, 5.41) is 11.1. The van der Waals surface area contributed by atoms with Crippen molar-refractivity contribution >= 4 is 11.8 Å². The number of hydrogen-bond acceptors (Lipinski definition) is 5. The summed E-state index contributed by atoms with van der Waals surface area (Å²) in [5.74, 6) is 2.79. The number of imidazole rings is 1. The van der Waals surface area contributed by atoms with Gasteiger partial charge in [-0.25, -0.2) is 4.98 Å². The molecule has 0 spiro atoms. The van der Waals surface area contributed by atoms with Crippen molar-refractivity contribution in [2.45, 2.75) is 57.8 Å². The molecule has 1 aromatic heterocycles. The van der Waals surface area contributed by atoms with E-state index in [1.54, 1.807) is 11.1 Å². The first kappa shape index (κ1) is 19.1. The van der Waals surface area contributed by atoms with Gasteiger partial charge in [-0.3, -0.25) is 9.59 Å². The lowest BCUT2D eigenvalue weighted by Gasteiger charge is -2.27. The summed E-state index contributed by atoms with van der Waals surface area (Å²) in [4.78, 5) is 31.5. The molecule has 0 saturated carbocycles. The van der Waals surface area contributed by atoms with Crippen molar-refractivity contribution in [2.24, 2.45) is 16.1 Å². The summed E-state index contributed by atoms with van der Waals surface area (Å²) in [6.45, 7) is 5.70. The number of aryl methyl sites for hydroxylation is 1. The topological polar surface area (TPSA) is 92.0 Å². The summed E-state index contributed by atoms with van der Waals surface area (Å²) in [6.07, 6.45) is 11.1. The van der Waals surface area contributed by atoms with Gasteiger partial charge in [-0.1, -0.05) is 0 Å². The van der Waals surface area contributed by atoms with Gasteiger partial charge in [-0.2, -0.15) is 10.2 Å². The van der Waals surface area contributed by atoms with Crippen LogP contribution in [0.2, 0.25) is 0 Å². The predicted octanol–water partition coefficient (Wildman–Crippen LogP) is 1.89. The van der Waals surface area contributed by atoms with Crippen LogP contribution in [0.4, 0.5) is 0 Å². The number of carbonyl (C=O) groups excluding carboxylic acids is 2. The van der Waals surface area contributed by atoms with Crippen LogP contribution in [0, 0.1) is 18.3 Å². The summed E-state index contributed by atoms with van der Waals surface area (Å²) in [6, 6.07) is -0.330. The fourth-order valence-corrected chi connectivity index (χ4v) is 3.76. The first-order chi connectivity index (χ1) is 13.0. The molecule has 144 valence electrons. The van der Waals surface area contributed by atoms with Crippen molar-refractivity contribution in [3.8, 4) is 12.3 Å². The number of hydrogen-bond donors (Lipinski definition) is 1. The standard InChI is InChI=1S/C19H26N6O2/c1-4-7-8-19(22-23-19)9-10-21-18(27)14-13-15(26)25(6-3)16(14)17-20-11-12-24(17)5-2/h1,11-12,14,16H,5-10,13H2,2-3H3,(H,21,27)/t14-,16-/m0/s1. The summed E-state index contributed by atoms with van der Waals surface area (Å²) in [5.41, 5.74) is -0.418. The van der Waals surface area contributed by atoms with Crippen LogP contribution in [-0.4, -0.2) is 45.0 Å². The Morgan fingerprint density at radius 1 is 1.37 bits per heavy atom. The number of aromatic nitrogens is 2. The highest BCUT2D eigenvalue weighted by Gasteiger charge is 2.46. The van der Waals surface area contributed by atoms with Gasteiger partial charge in [0.2, 0.25) is 11.8 Å². The van der Waals surface area contributed by atoms with Crippen LogP contribution >= 0.6 is 0 Å². The molecule has 3 rings (SSSR count). The monoisotopic (exact) mass is 370 g/mol. The van der Waals surface area contributed by atoms with Gasteiger partial charge < -0.3 is 14.8 Å². The van der Waals surface area contributed by atoms with E-state index < -0.39 is 11.6 Å². The normalized spacial score (nSPS) is 22.7. The molecule has 3 heterocycles. The Morgan fingerprint density at radius 2 is 2.15 bits per heavy atom. The number of nitrogens with zero attached hydrogens (tertiary/aromatic N) is 5. The fourth-order valence-electron chi connectivity index (χ4n) is 3.76. The lowest BCUT2D eigenvalue weighted by Crippen LogP contribution is -2.38. The zero-order valence-electron chi connectivity index (χ0n) is 15.9. The molecule has 1 fully saturated rings. The quantitative estimate of drug-likeness (QED) is 0.673. The molecule has 27 heavy (non-hydrogen) atoms. The van der Waals surface area contributed by atoms with Crippen LogP contribution < -0.4 is 5.32 Å². The fraction of sp³-hybridized carbons (Fsp3) is 0.632. The average Bonchev–Trinajstić information content (AvgIpc) is 3.13. The van der Waals surface area contributed by atoms with Gasteiger partial charge in [0.25, 0.3) is 0 Å². The first-order valence-corrected chi connectivity index (χ1v) is 9.51. The minimum absolute atomic E-state index is 0.00835. The molecule has 8 heteroatoms. The summed E-state index contributed by atoms with van der Waals surface area (Å²) in [7, 11) is 0. The molecule has 2 aliphatic heterocycles. The second kappa shape index (κ2) is 7.91. The second-order valence-corrected chi connectivity index (χ2v) is 6.93. The van der Waals surface area contributed by atoms with Gasteiger partial charge in [0.15, 0.2) is 5.66 Å². The lowest BCUT2D eigenvalue weighted by atomic mass is 9.97. The number of rotatable bonds is 9. The van der Waals surface area contributed by atoms with Crippen molar-refractivity contribution < 1.29 is 9.59 Å². The number of likely N-dealkylation sites (tertiary alicyclic amines) is 1. The molecule has 0 bridgehead atoms. The molecule has 0 radical (unpaired) electrons. The Hall–Kier alpha value is -2.69. The van der Waals surface area contributed by atoms with Crippen LogP contribution in [-0.2, 0) is 16.1 Å². The molecule has 0 unspecified atom stereocenters. The van der Waals surface area contributed by atoms with Gasteiger partial charge in [-0.15, -0.1) is 12.3 Å². The van der Waals surface area contributed by atoms with Crippen molar-refractivity contribution in [2.75, 3.05) is 13.1 Å². The third-order valence-corrected chi connectivity index (χ3v) is 5.34. The smallest absolute Gasteiger partial charge is 0.226 e. The first-order valence-electron chi connectivity index (χ1n) is 9.51. The number of nitrogens with one attached hydrogen (secondary N) is 1.